The van der Waals surface area contributed by atoms with Crippen molar-refractivity contribution in [2.75, 3.05) is 20.2 Å². The van der Waals surface area contributed by atoms with Gasteiger partial charge in [0.05, 0.1) is 18.8 Å². The highest BCUT2D eigenvalue weighted by Crippen LogP contribution is 2.28. The van der Waals surface area contributed by atoms with Crippen molar-refractivity contribution < 1.29 is 14.3 Å². The zero-order valence-electron chi connectivity index (χ0n) is 20.8. The molecule has 1 amide bonds. The molecule has 1 fully saturated rings. The van der Waals surface area contributed by atoms with Gasteiger partial charge in [-0.25, -0.2) is 0 Å². The molecule has 0 aliphatic carbocycles. The second kappa shape index (κ2) is 12.4. The second-order valence-electron chi connectivity index (χ2n) is 9.28. The Bertz CT molecular complexity index is 1020. The maximum atomic E-state index is 13.1. The van der Waals surface area contributed by atoms with Crippen molar-refractivity contribution in [1.82, 2.24) is 10.2 Å². The minimum Gasteiger partial charge on any atom is -0.469 e. The summed E-state index contributed by atoms with van der Waals surface area (Å²) >= 11 is 0. The molecule has 7 heteroatoms. The monoisotopic (exact) mass is 478 g/mol. The van der Waals surface area contributed by atoms with Crippen molar-refractivity contribution in [1.29, 1.82) is 0 Å². The SMILES string of the molecule is C=C(N)N1CCCC(C[C@@H](C(=O)OC)[C@@H](CC)NC(=O)c2ccc(-c3cccc(CN)c3)cc2)C1. The van der Waals surface area contributed by atoms with Crippen molar-refractivity contribution in [3.05, 3.63) is 72.1 Å². The van der Waals surface area contributed by atoms with Crippen molar-refractivity contribution in [3.8, 4) is 11.1 Å². The lowest BCUT2D eigenvalue weighted by atomic mass is 9.83. The number of hydrogen-bond donors (Lipinski definition) is 3. The molecule has 3 rings (SSSR count). The first-order chi connectivity index (χ1) is 16.9. The minimum absolute atomic E-state index is 0.200. The van der Waals surface area contributed by atoms with E-state index in [4.69, 9.17) is 16.2 Å². The highest BCUT2D eigenvalue weighted by Gasteiger charge is 2.33. The standard InChI is InChI=1S/C28H38N4O3/c1-4-26(25(28(34)35-3)16-21-8-6-14-32(18-21)19(2)30)31-27(33)23-12-10-22(11-13-23)24-9-5-7-20(15-24)17-29/h5,7,9-13,15,21,25-26H,2,4,6,8,14,16-18,29-30H2,1,3H3,(H,31,33)/t21?,25-,26-/m1/s1. The van der Waals surface area contributed by atoms with E-state index in [9.17, 15) is 9.59 Å². The normalized spacial score (nSPS) is 17.3. The Kier molecular flexibility index (Phi) is 9.32. The summed E-state index contributed by atoms with van der Waals surface area (Å²) < 4.78 is 5.13. The molecule has 1 unspecified atom stereocenters. The Morgan fingerprint density at radius 1 is 1.20 bits per heavy atom. The first kappa shape index (κ1) is 26.3. The highest BCUT2D eigenvalue weighted by atomic mass is 16.5. The average molecular weight is 479 g/mol. The van der Waals surface area contributed by atoms with Gasteiger partial charge in [-0.05, 0) is 66.5 Å². The number of likely N-dealkylation sites (tertiary alicyclic amines) is 1. The summed E-state index contributed by atoms with van der Waals surface area (Å²) in [5.41, 5.74) is 15.3. The molecule has 3 atom stereocenters. The molecular formula is C28H38N4O3. The Balaban J connectivity index is 1.70. The Morgan fingerprint density at radius 3 is 2.57 bits per heavy atom. The van der Waals surface area contributed by atoms with Crippen LogP contribution in [0.5, 0.6) is 0 Å². The van der Waals surface area contributed by atoms with E-state index >= 15 is 0 Å². The number of amides is 1. The molecule has 2 aromatic rings. The summed E-state index contributed by atoms with van der Waals surface area (Å²) in [6.07, 6.45) is 3.26. The number of methoxy groups -OCH3 is 1. The van der Waals surface area contributed by atoms with Crippen LogP contribution in [0.25, 0.3) is 11.1 Å². The molecule has 0 aromatic heterocycles. The first-order valence-corrected chi connectivity index (χ1v) is 12.3. The van der Waals surface area contributed by atoms with Gasteiger partial charge in [0.2, 0.25) is 0 Å². The smallest absolute Gasteiger partial charge is 0.310 e. The van der Waals surface area contributed by atoms with Crippen LogP contribution in [-0.4, -0.2) is 43.0 Å². The molecule has 35 heavy (non-hydrogen) atoms. The summed E-state index contributed by atoms with van der Waals surface area (Å²) in [6.45, 7) is 7.96. The number of ether oxygens (including phenoxy) is 1. The molecule has 0 saturated carbocycles. The van der Waals surface area contributed by atoms with Crippen molar-refractivity contribution in [3.63, 3.8) is 0 Å². The fraction of sp³-hybridized carbons (Fsp3) is 0.429. The fourth-order valence-electron chi connectivity index (χ4n) is 4.88. The average Bonchev–Trinajstić information content (AvgIpc) is 2.90. The summed E-state index contributed by atoms with van der Waals surface area (Å²) in [6, 6.07) is 15.2. The molecular weight excluding hydrogens is 440 g/mol. The number of hydrogen-bond acceptors (Lipinski definition) is 6. The fourth-order valence-corrected chi connectivity index (χ4v) is 4.88. The Labute approximate surface area is 208 Å². The zero-order valence-corrected chi connectivity index (χ0v) is 20.8. The van der Waals surface area contributed by atoms with Crippen LogP contribution in [0.2, 0.25) is 0 Å². The molecule has 1 heterocycles. The van der Waals surface area contributed by atoms with Gasteiger partial charge in [0.15, 0.2) is 0 Å². The van der Waals surface area contributed by atoms with Crippen LogP contribution in [0.3, 0.4) is 0 Å². The molecule has 1 saturated heterocycles. The van der Waals surface area contributed by atoms with Gasteiger partial charge in [-0.1, -0.05) is 43.8 Å². The molecule has 0 bridgehead atoms. The lowest BCUT2D eigenvalue weighted by Gasteiger charge is -2.36. The number of esters is 1. The zero-order chi connectivity index (χ0) is 25.4. The molecule has 2 aromatic carbocycles. The molecule has 7 nitrogen and oxygen atoms in total. The molecule has 1 aliphatic rings. The van der Waals surface area contributed by atoms with Crippen LogP contribution in [-0.2, 0) is 16.1 Å². The van der Waals surface area contributed by atoms with E-state index < -0.39 is 5.92 Å². The quantitative estimate of drug-likeness (QED) is 0.450. The topological polar surface area (TPSA) is 111 Å². The number of nitrogens with two attached hydrogens (primary N) is 2. The third-order valence-corrected chi connectivity index (χ3v) is 6.90. The number of nitrogens with one attached hydrogen (secondary N) is 1. The van der Waals surface area contributed by atoms with E-state index in [1.165, 1.54) is 7.11 Å². The molecule has 0 radical (unpaired) electrons. The molecule has 188 valence electrons. The summed E-state index contributed by atoms with van der Waals surface area (Å²) in [4.78, 5) is 27.9. The Morgan fingerprint density at radius 2 is 1.94 bits per heavy atom. The van der Waals surface area contributed by atoms with Crippen molar-refractivity contribution in [2.45, 2.75) is 45.2 Å². The van der Waals surface area contributed by atoms with Crippen molar-refractivity contribution in [2.24, 2.45) is 23.3 Å². The largest absolute Gasteiger partial charge is 0.469 e. The summed E-state index contributed by atoms with van der Waals surface area (Å²) in [5.74, 6) is -0.0849. The van der Waals surface area contributed by atoms with Gasteiger partial charge < -0.3 is 26.4 Å². The Hall–Kier alpha value is -3.32. The van der Waals surface area contributed by atoms with E-state index in [0.717, 1.165) is 42.6 Å². The number of carbonyl (C=O) groups is 2. The first-order valence-electron chi connectivity index (χ1n) is 12.3. The number of benzene rings is 2. The van der Waals surface area contributed by atoms with Gasteiger partial charge >= 0.3 is 5.97 Å². The van der Waals surface area contributed by atoms with Gasteiger partial charge in [-0.3, -0.25) is 9.59 Å². The van der Waals surface area contributed by atoms with Gasteiger partial charge in [0.1, 0.15) is 0 Å². The van der Waals surface area contributed by atoms with E-state index in [1.54, 1.807) is 0 Å². The van der Waals surface area contributed by atoms with Gasteiger partial charge in [0.25, 0.3) is 5.91 Å². The summed E-state index contributed by atoms with van der Waals surface area (Å²) in [7, 11) is 1.40. The molecule has 0 spiro atoms. The number of rotatable bonds is 10. The number of carbonyl (C=O) groups excluding carboxylic acids is 2. The predicted molar refractivity (Wildman–Crippen MR) is 139 cm³/mol. The predicted octanol–water partition coefficient (Wildman–Crippen LogP) is 3.64. The van der Waals surface area contributed by atoms with Gasteiger partial charge in [-0.2, -0.15) is 0 Å². The van der Waals surface area contributed by atoms with Crippen LogP contribution in [0.4, 0.5) is 0 Å². The maximum Gasteiger partial charge on any atom is 0.310 e. The number of nitrogens with zero attached hydrogens (tertiary/aromatic N) is 1. The van der Waals surface area contributed by atoms with Crippen molar-refractivity contribution >= 4 is 11.9 Å². The third kappa shape index (κ3) is 6.85. The van der Waals surface area contributed by atoms with E-state index in [1.807, 2.05) is 49.4 Å². The van der Waals surface area contributed by atoms with Crippen LogP contribution in [0.15, 0.2) is 60.9 Å². The van der Waals surface area contributed by atoms with Crippen LogP contribution in [0.1, 0.15) is 48.5 Å². The second-order valence-corrected chi connectivity index (χ2v) is 9.28. The van der Waals surface area contributed by atoms with Crippen LogP contribution < -0.4 is 16.8 Å². The van der Waals surface area contributed by atoms with Gasteiger partial charge in [-0.15, -0.1) is 0 Å². The van der Waals surface area contributed by atoms with E-state index in [0.29, 0.717) is 30.8 Å². The maximum absolute atomic E-state index is 13.1. The van der Waals surface area contributed by atoms with Crippen LogP contribution >= 0.6 is 0 Å². The lowest BCUT2D eigenvalue weighted by molar-refractivity contribution is -0.147. The van der Waals surface area contributed by atoms with E-state index in [2.05, 4.69) is 22.9 Å². The van der Waals surface area contributed by atoms with E-state index in [-0.39, 0.29) is 23.8 Å². The summed E-state index contributed by atoms with van der Waals surface area (Å²) in [5, 5.41) is 3.09. The minimum atomic E-state index is -0.428. The van der Waals surface area contributed by atoms with Crippen LogP contribution in [0, 0.1) is 11.8 Å². The molecule has 1 aliphatic heterocycles. The third-order valence-electron chi connectivity index (χ3n) is 6.90. The number of piperidine rings is 1. The molecule has 5 N–H and O–H groups in total. The van der Waals surface area contributed by atoms with Gasteiger partial charge in [0, 0.05) is 31.2 Å². The lowest BCUT2D eigenvalue weighted by Crippen LogP contribution is -2.46. The highest BCUT2D eigenvalue weighted by molar-refractivity contribution is 5.95.